The Kier molecular flexibility index (Phi) is 3.06. The van der Waals surface area contributed by atoms with E-state index < -0.39 is 0 Å². The highest BCUT2D eigenvalue weighted by molar-refractivity contribution is 5.73. The van der Waals surface area contributed by atoms with Crippen LogP contribution in [0.1, 0.15) is 18.8 Å². The molecule has 0 aliphatic heterocycles. The van der Waals surface area contributed by atoms with Gasteiger partial charge in [-0.1, -0.05) is 0 Å². The number of aryl methyl sites for hydroxylation is 1. The molecule has 0 spiro atoms. The molecule has 0 saturated carbocycles. The van der Waals surface area contributed by atoms with Gasteiger partial charge in [-0.15, -0.1) is 10.2 Å². The van der Waals surface area contributed by atoms with Crippen molar-refractivity contribution in [2.75, 3.05) is 14.1 Å². The summed E-state index contributed by atoms with van der Waals surface area (Å²) in [4.78, 5) is 12.8. The number of hydrogen-bond acceptors (Lipinski definition) is 3. The number of urea groups is 1. The number of carbonyl (C=O) groups excluding carboxylic acids is 1. The van der Waals surface area contributed by atoms with E-state index in [9.17, 15) is 4.79 Å². The number of hydrogen-bond donors (Lipinski definition) is 1. The number of nitrogens with zero attached hydrogens (tertiary/aromatic N) is 4. The van der Waals surface area contributed by atoms with E-state index in [1.54, 1.807) is 25.0 Å². The lowest BCUT2D eigenvalue weighted by Gasteiger charge is -2.16. The maximum atomic E-state index is 11.3. The topological polar surface area (TPSA) is 63.1 Å². The molecule has 0 aromatic carbocycles. The standard InChI is InChI=1S/C8H15N5O/c1-6(10-8(14)12(2)3)7-11-9-5-13(7)4/h5-6H,1-4H3,(H,10,14). The van der Waals surface area contributed by atoms with E-state index >= 15 is 0 Å². The summed E-state index contributed by atoms with van der Waals surface area (Å²) in [5.41, 5.74) is 0. The minimum Gasteiger partial charge on any atom is -0.331 e. The van der Waals surface area contributed by atoms with Crippen molar-refractivity contribution in [3.8, 4) is 0 Å². The zero-order chi connectivity index (χ0) is 10.7. The molecule has 1 atom stereocenters. The van der Waals surface area contributed by atoms with Crippen molar-refractivity contribution in [2.45, 2.75) is 13.0 Å². The second-order valence-electron chi connectivity index (χ2n) is 3.37. The Hall–Kier alpha value is -1.59. The van der Waals surface area contributed by atoms with Crippen LogP contribution in [0.4, 0.5) is 4.79 Å². The molecular formula is C8H15N5O. The summed E-state index contributed by atoms with van der Waals surface area (Å²) < 4.78 is 1.78. The molecule has 0 aliphatic carbocycles. The van der Waals surface area contributed by atoms with Gasteiger partial charge in [0, 0.05) is 21.1 Å². The fraction of sp³-hybridized carbons (Fsp3) is 0.625. The van der Waals surface area contributed by atoms with Gasteiger partial charge in [0.2, 0.25) is 0 Å². The van der Waals surface area contributed by atoms with Crippen molar-refractivity contribution in [3.05, 3.63) is 12.2 Å². The molecule has 6 nitrogen and oxygen atoms in total. The molecule has 1 N–H and O–H groups in total. The molecule has 2 amide bonds. The summed E-state index contributed by atoms with van der Waals surface area (Å²) in [6.45, 7) is 1.87. The molecule has 0 radical (unpaired) electrons. The minimum absolute atomic E-state index is 0.138. The number of rotatable bonds is 2. The number of nitrogens with one attached hydrogen (secondary N) is 1. The number of amides is 2. The Morgan fingerprint density at radius 2 is 2.29 bits per heavy atom. The van der Waals surface area contributed by atoms with Crippen LogP contribution in [0.3, 0.4) is 0 Å². The van der Waals surface area contributed by atoms with Gasteiger partial charge in [-0.25, -0.2) is 4.79 Å². The molecule has 6 heteroatoms. The van der Waals surface area contributed by atoms with Crippen molar-refractivity contribution < 1.29 is 4.79 Å². The van der Waals surface area contributed by atoms with E-state index in [0.717, 1.165) is 5.82 Å². The van der Waals surface area contributed by atoms with E-state index in [2.05, 4.69) is 15.5 Å². The first-order valence-electron chi connectivity index (χ1n) is 4.34. The zero-order valence-corrected chi connectivity index (χ0v) is 8.85. The van der Waals surface area contributed by atoms with Crippen molar-refractivity contribution in [1.82, 2.24) is 25.0 Å². The molecule has 1 unspecified atom stereocenters. The third-order valence-electron chi connectivity index (χ3n) is 1.88. The first kappa shape index (κ1) is 10.5. The summed E-state index contributed by atoms with van der Waals surface area (Å²) in [5.74, 6) is 0.736. The summed E-state index contributed by atoms with van der Waals surface area (Å²) >= 11 is 0. The molecule has 0 aliphatic rings. The van der Waals surface area contributed by atoms with E-state index in [4.69, 9.17) is 0 Å². The van der Waals surface area contributed by atoms with Crippen LogP contribution in [-0.4, -0.2) is 39.8 Å². The van der Waals surface area contributed by atoms with Gasteiger partial charge < -0.3 is 14.8 Å². The summed E-state index contributed by atoms with van der Waals surface area (Å²) in [5, 5.41) is 10.4. The molecular weight excluding hydrogens is 182 g/mol. The predicted molar refractivity (Wildman–Crippen MR) is 51.6 cm³/mol. The third kappa shape index (κ3) is 2.21. The molecule has 0 fully saturated rings. The highest BCUT2D eigenvalue weighted by atomic mass is 16.2. The van der Waals surface area contributed by atoms with Crippen LogP contribution in [0, 0.1) is 0 Å². The van der Waals surface area contributed by atoms with Crippen molar-refractivity contribution in [1.29, 1.82) is 0 Å². The second-order valence-corrected chi connectivity index (χ2v) is 3.37. The quantitative estimate of drug-likeness (QED) is 0.734. The molecule has 0 bridgehead atoms. The highest BCUT2D eigenvalue weighted by Crippen LogP contribution is 2.06. The normalized spacial score (nSPS) is 12.3. The van der Waals surface area contributed by atoms with Crippen LogP contribution >= 0.6 is 0 Å². The fourth-order valence-electron chi connectivity index (χ4n) is 1.06. The molecule has 1 heterocycles. The van der Waals surface area contributed by atoms with Crippen LogP contribution in [0.15, 0.2) is 6.33 Å². The van der Waals surface area contributed by atoms with Crippen molar-refractivity contribution in [3.63, 3.8) is 0 Å². The van der Waals surface area contributed by atoms with Crippen LogP contribution < -0.4 is 5.32 Å². The predicted octanol–water partition coefficient (Wildman–Crippen LogP) is 0.147. The Morgan fingerprint density at radius 1 is 1.64 bits per heavy atom. The average molecular weight is 197 g/mol. The lowest BCUT2D eigenvalue weighted by atomic mass is 10.3. The van der Waals surface area contributed by atoms with Gasteiger partial charge in [-0.2, -0.15) is 0 Å². The van der Waals surface area contributed by atoms with Gasteiger partial charge in [0.25, 0.3) is 0 Å². The summed E-state index contributed by atoms with van der Waals surface area (Å²) in [6.07, 6.45) is 1.60. The van der Waals surface area contributed by atoms with Crippen LogP contribution in [0.25, 0.3) is 0 Å². The monoisotopic (exact) mass is 197 g/mol. The smallest absolute Gasteiger partial charge is 0.317 e. The number of aromatic nitrogens is 3. The van der Waals surface area contributed by atoms with Gasteiger partial charge in [-0.3, -0.25) is 0 Å². The van der Waals surface area contributed by atoms with Crippen molar-refractivity contribution >= 4 is 6.03 Å². The van der Waals surface area contributed by atoms with E-state index in [1.807, 2.05) is 14.0 Å². The number of carbonyl (C=O) groups is 1. The van der Waals surface area contributed by atoms with E-state index in [-0.39, 0.29) is 12.1 Å². The second kappa shape index (κ2) is 4.08. The van der Waals surface area contributed by atoms with Crippen LogP contribution in [-0.2, 0) is 7.05 Å². The Bertz CT molecular complexity index is 319. The maximum Gasteiger partial charge on any atom is 0.317 e. The molecule has 1 aromatic rings. The first-order chi connectivity index (χ1) is 6.52. The van der Waals surface area contributed by atoms with Gasteiger partial charge in [0.1, 0.15) is 6.33 Å². The Labute approximate surface area is 82.9 Å². The third-order valence-corrected chi connectivity index (χ3v) is 1.88. The van der Waals surface area contributed by atoms with E-state index in [1.165, 1.54) is 4.90 Å². The fourth-order valence-corrected chi connectivity index (χ4v) is 1.06. The van der Waals surface area contributed by atoms with Crippen LogP contribution in [0.5, 0.6) is 0 Å². The van der Waals surface area contributed by atoms with E-state index in [0.29, 0.717) is 0 Å². The van der Waals surface area contributed by atoms with Gasteiger partial charge in [0.05, 0.1) is 6.04 Å². The zero-order valence-electron chi connectivity index (χ0n) is 8.85. The molecule has 1 aromatic heterocycles. The Morgan fingerprint density at radius 3 is 2.71 bits per heavy atom. The largest absolute Gasteiger partial charge is 0.331 e. The minimum atomic E-state index is -0.141. The molecule has 78 valence electrons. The molecule has 0 saturated heterocycles. The van der Waals surface area contributed by atoms with Crippen LogP contribution in [0.2, 0.25) is 0 Å². The Balaban J connectivity index is 2.64. The summed E-state index contributed by atoms with van der Waals surface area (Å²) in [7, 11) is 5.23. The van der Waals surface area contributed by atoms with Gasteiger partial charge in [-0.05, 0) is 6.92 Å². The summed E-state index contributed by atoms with van der Waals surface area (Å²) in [6, 6.07) is -0.280. The molecule has 14 heavy (non-hydrogen) atoms. The lowest BCUT2D eigenvalue weighted by molar-refractivity contribution is 0.213. The van der Waals surface area contributed by atoms with Gasteiger partial charge >= 0.3 is 6.03 Å². The SMILES string of the molecule is CC(NC(=O)N(C)C)c1nncn1C. The molecule has 1 rings (SSSR count). The average Bonchev–Trinajstić information content (AvgIpc) is 2.51. The first-order valence-corrected chi connectivity index (χ1v) is 4.34. The van der Waals surface area contributed by atoms with Crippen molar-refractivity contribution in [2.24, 2.45) is 7.05 Å². The lowest BCUT2D eigenvalue weighted by Crippen LogP contribution is -2.36. The van der Waals surface area contributed by atoms with Gasteiger partial charge in [0.15, 0.2) is 5.82 Å². The maximum absolute atomic E-state index is 11.3. The highest BCUT2D eigenvalue weighted by Gasteiger charge is 2.14.